The first-order valence-corrected chi connectivity index (χ1v) is 11.2. The van der Waals surface area contributed by atoms with Gasteiger partial charge < -0.3 is 14.3 Å². The Labute approximate surface area is 160 Å². The molecule has 0 spiro atoms. The molecule has 27 heavy (non-hydrogen) atoms. The van der Waals surface area contributed by atoms with E-state index in [1.54, 1.807) is 7.05 Å². The maximum Gasteiger partial charge on any atom is 0.277 e. The highest BCUT2D eigenvalue weighted by atomic mass is 32.2. The fraction of sp³-hybridized carbons (Fsp3) is 0.353. The number of H-pyrrole nitrogens is 1. The van der Waals surface area contributed by atoms with Gasteiger partial charge in [0.25, 0.3) is 11.1 Å². The molecule has 0 bridgehead atoms. The predicted molar refractivity (Wildman–Crippen MR) is 102 cm³/mol. The third-order valence-electron chi connectivity index (χ3n) is 4.69. The molecule has 10 heteroatoms. The molecular weight excluding hydrogens is 388 g/mol. The van der Waals surface area contributed by atoms with E-state index in [0.717, 1.165) is 28.2 Å². The van der Waals surface area contributed by atoms with Crippen LogP contribution in [0.5, 0.6) is 0 Å². The topological polar surface area (TPSA) is 109 Å². The van der Waals surface area contributed by atoms with Crippen molar-refractivity contribution in [1.82, 2.24) is 20.1 Å². The molecule has 0 unspecified atom stereocenters. The average molecular weight is 406 g/mol. The molecular formula is C17H18N4O4S2. The van der Waals surface area contributed by atoms with Gasteiger partial charge in [0, 0.05) is 30.2 Å². The largest absolute Gasteiger partial charge is 0.411 e. The summed E-state index contributed by atoms with van der Waals surface area (Å²) in [5, 5.41) is 9.35. The third-order valence-corrected chi connectivity index (χ3v) is 7.25. The van der Waals surface area contributed by atoms with Crippen LogP contribution in [0.3, 0.4) is 0 Å². The Hall–Kier alpha value is -2.33. The highest BCUT2D eigenvalue weighted by Crippen LogP contribution is 2.29. The molecule has 3 aromatic rings. The summed E-state index contributed by atoms with van der Waals surface area (Å²) < 4.78 is 28.8. The zero-order valence-corrected chi connectivity index (χ0v) is 16.2. The van der Waals surface area contributed by atoms with Crippen LogP contribution in [0.25, 0.3) is 22.4 Å². The van der Waals surface area contributed by atoms with Crippen molar-refractivity contribution in [2.24, 2.45) is 0 Å². The molecule has 0 aliphatic carbocycles. The number of nitrogens with zero attached hydrogens (tertiary/aromatic N) is 3. The number of para-hydroxylation sites is 1. The Kier molecular flexibility index (Phi) is 4.68. The standard InChI is InChI=1S/C17H18N4O4S2/c1-21(11-6-7-27(23,24)10-11)15(22)9-26-17-20-19-16(25-17)13-8-18-14-5-3-2-4-12(13)14/h2-5,8,11,18H,6-7,9-10H2,1H3/t11-/m1/s1. The van der Waals surface area contributed by atoms with Crippen molar-refractivity contribution in [3.8, 4) is 11.5 Å². The summed E-state index contributed by atoms with van der Waals surface area (Å²) >= 11 is 1.15. The molecule has 1 aromatic carbocycles. The number of aromatic nitrogens is 3. The number of nitrogens with one attached hydrogen (secondary N) is 1. The number of aromatic amines is 1. The zero-order chi connectivity index (χ0) is 19.0. The second kappa shape index (κ2) is 7.01. The number of carbonyl (C=O) groups is 1. The first kappa shape index (κ1) is 18.1. The van der Waals surface area contributed by atoms with Crippen LogP contribution in [0.1, 0.15) is 6.42 Å². The maximum absolute atomic E-state index is 12.3. The second-order valence-electron chi connectivity index (χ2n) is 6.47. The van der Waals surface area contributed by atoms with Crippen molar-refractivity contribution in [2.75, 3.05) is 24.3 Å². The molecule has 1 atom stereocenters. The van der Waals surface area contributed by atoms with E-state index in [0.29, 0.717) is 17.5 Å². The predicted octanol–water partition coefficient (Wildman–Crippen LogP) is 1.96. The molecule has 4 rings (SSSR count). The summed E-state index contributed by atoms with van der Waals surface area (Å²) in [6.07, 6.45) is 2.30. The molecule has 1 amide bonds. The van der Waals surface area contributed by atoms with E-state index in [1.807, 2.05) is 30.5 Å². The number of amides is 1. The number of sulfone groups is 1. The van der Waals surface area contributed by atoms with Crippen molar-refractivity contribution in [1.29, 1.82) is 0 Å². The van der Waals surface area contributed by atoms with Crippen LogP contribution in [0.2, 0.25) is 0 Å². The van der Waals surface area contributed by atoms with E-state index in [1.165, 1.54) is 4.90 Å². The van der Waals surface area contributed by atoms with Gasteiger partial charge >= 0.3 is 0 Å². The minimum atomic E-state index is -3.03. The Bertz CT molecular complexity index is 1090. The Balaban J connectivity index is 1.40. The van der Waals surface area contributed by atoms with Gasteiger partial charge in [0.15, 0.2) is 9.84 Å². The van der Waals surface area contributed by atoms with Crippen LogP contribution in [0, 0.1) is 0 Å². The Morgan fingerprint density at radius 3 is 2.96 bits per heavy atom. The SMILES string of the molecule is CN(C(=O)CSc1nnc(-c2c[nH]c3ccccc23)o1)[C@@H]1CCS(=O)(=O)C1. The van der Waals surface area contributed by atoms with E-state index in [4.69, 9.17) is 4.42 Å². The van der Waals surface area contributed by atoms with Gasteiger partial charge in [-0.15, -0.1) is 10.2 Å². The molecule has 1 saturated heterocycles. The number of fused-ring (bicyclic) bond motifs is 1. The summed E-state index contributed by atoms with van der Waals surface area (Å²) in [6.45, 7) is 0. The summed E-state index contributed by atoms with van der Waals surface area (Å²) in [5.74, 6) is 0.514. The average Bonchev–Trinajstić information content (AvgIpc) is 3.36. The lowest BCUT2D eigenvalue weighted by Crippen LogP contribution is -2.38. The molecule has 1 aliphatic heterocycles. The minimum absolute atomic E-state index is 0.0329. The van der Waals surface area contributed by atoms with Gasteiger partial charge in [-0.05, 0) is 12.5 Å². The molecule has 3 heterocycles. The molecule has 0 radical (unpaired) electrons. The number of rotatable bonds is 5. The molecule has 0 saturated carbocycles. The van der Waals surface area contributed by atoms with Gasteiger partial charge in [-0.2, -0.15) is 0 Å². The van der Waals surface area contributed by atoms with Crippen molar-refractivity contribution >= 4 is 38.4 Å². The summed E-state index contributed by atoms with van der Waals surface area (Å²) in [7, 11) is -1.39. The third kappa shape index (κ3) is 3.72. The van der Waals surface area contributed by atoms with Gasteiger partial charge in [0.05, 0.1) is 22.8 Å². The first-order chi connectivity index (χ1) is 12.9. The monoisotopic (exact) mass is 406 g/mol. The second-order valence-corrected chi connectivity index (χ2v) is 9.63. The van der Waals surface area contributed by atoms with Crippen molar-refractivity contribution in [2.45, 2.75) is 17.7 Å². The number of hydrogen-bond acceptors (Lipinski definition) is 7. The van der Waals surface area contributed by atoms with E-state index in [9.17, 15) is 13.2 Å². The van der Waals surface area contributed by atoms with Crippen LogP contribution >= 0.6 is 11.8 Å². The molecule has 1 N–H and O–H groups in total. The quantitative estimate of drug-likeness (QED) is 0.645. The van der Waals surface area contributed by atoms with Crippen LogP contribution < -0.4 is 0 Å². The van der Waals surface area contributed by atoms with Gasteiger partial charge in [0.1, 0.15) is 0 Å². The number of thioether (sulfide) groups is 1. The normalized spacial score (nSPS) is 18.8. The van der Waals surface area contributed by atoms with Gasteiger partial charge in [0.2, 0.25) is 5.91 Å². The van der Waals surface area contributed by atoms with Crippen LogP contribution in [-0.2, 0) is 14.6 Å². The van der Waals surface area contributed by atoms with Crippen molar-refractivity contribution < 1.29 is 17.6 Å². The fourth-order valence-electron chi connectivity index (χ4n) is 3.14. The highest BCUT2D eigenvalue weighted by Gasteiger charge is 2.32. The molecule has 142 valence electrons. The summed E-state index contributed by atoms with van der Waals surface area (Å²) in [6, 6.07) is 7.54. The smallest absolute Gasteiger partial charge is 0.277 e. The fourth-order valence-corrected chi connectivity index (χ4v) is 5.60. The Morgan fingerprint density at radius 2 is 2.19 bits per heavy atom. The van der Waals surface area contributed by atoms with Gasteiger partial charge in [-0.3, -0.25) is 4.79 Å². The van der Waals surface area contributed by atoms with Gasteiger partial charge in [-0.25, -0.2) is 8.42 Å². The molecule has 2 aromatic heterocycles. The highest BCUT2D eigenvalue weighted by molar-refractivity contribution is 7.99. The van der Waals surface area contributed by atoms with E-state index in [-0.39, 0.29) is 29.2 Å². The van der Waals surface area contributed by atoms with Crippen molar-refractivity contribution in [3.63, 3.8) is 0 Å². The lowest BCUT2D eigenvalue weighted by Gasteiger charge is -2.22. The summed E-state index contributed by atoms with van der Waals surface area (Å²) in [5.41, 5.74) is 1.78. The lowest BCUT2D eigenvalue weighted by molar-refractivity contribution is -0.128. The zero-order valence-electron chi connectivity index (χ0n) is 14.6. The van der Waals surface area contributed by atoms with E-state index < -0.39 is 9.84 Å². The summed E-state index contributed by atoms with van der Waals surface area (Å²) in [4.78, 5) is 17.0. The number of hydrogen-bond donors (Lipinski definition) is 1. The Morgan fingerprint density at radius 1 is 1.37 bits per heavy atom. The van der Waals surface area contributed by atoms with Crippen LogP contribution in [-0.4, -0.2) is 64.8 Å². The molecule has 1 aliphatic rings. The number of benzene rings is 1. The minimum Gasteiger partial charge on any atom is -0.411 e. The van der Waals surface area contributed by atoms with E-state index in [2.05, 4.69) is 15.2 Å². The molecule has 8 nitrogen and oxygen atoms in total. The molecule has 1 fully saturated rings. The lowest BCUT2D eigenvalue weighted by atomic mass is 10.2. The van der Waals surface area contributed by atoms with Gasteiger partial charge in [-0.1, -0.05) is 30.0 Å². The van der Waals surface area contributed by atoms with Crippen LogP contribution in [0.15, 0.2) is 40.1 Å². The van der Waals surface area contributed by atoms with Crippen LogP contribution in [0.4, 0.5) is 0 Å². The number of carbonyl (C=O) groups excluding carboxylic acids is 1. The first-order valence-electron chi connectivity index (χ1n) is 8.42. The van der Waals surface area contributed by atoms with E-state index >= 15 is 0 Å². The maximum atomic E-state index is 12.3. The van der Waals surface area contributed by atoms with Crippen molar-refractivity contribution in [3.05, 3.63) is 30.5 Å².